The van der Waals surface area contributed by atoms with Crippen LogP contribution >= 0.6 is 0 Å². The third-order valence-corrected chi connectivity index (χ3v) is 5.15. The van der Waals surface area contributed by atoms with Crippen LogP contribution in [0.2, 0.25) is 0 Å². The van der Waals surface area contributed by atoms with Crippen molar-refractivity contribution in [3.05, 3.63) is 41.9 Å². The van der Waals surface area contributed by atoms with Crippen molar-refractivity contribution in [1.29, 1.82) is 0 Å². The number of nitrogens with zero attached hydrogens (tertiary/aromatic N) is 4. The Kier molecular flexibility index (Phi) is 7.27. The largest absolute Gasteiger partial charge is 0.497 e. The van der Waals surface area contributed by atoms with Crippen LogP contribution in [0.15, 0.2) is 30.3 Å². The number of nitrogens with one attached hydrogen (secondary N) is 1. The number of unbranched alkanes of at least 4 members (excludes halogenated alkanes) is 2. The second-order valence-electron chi connectivity index (χ2n) is 7.30. The molecule has 1 aromatic heterocycles. The van der Waals surface area contributed by atoms with Crippen LogP contribution < -0.4 is 15.0 Å². The number of rotatable bonds is 8. The molecule has 1 N–H and O–H groups in total. The molecule has 1 amide bonds. The van der Waals surface area contributed by atoms with Crippen molar-refractivity contribution in [3.63, 3.8) is 0 Å². The maximum Gasteiger partial charge on any atom is 0.272 e. The number of piperazine rings is 1. The number of aromatic nitrogens is 2. The lowest BCUT2D eigenvalue weighted by Gasteiger charge is -2.36. The van der Waals surface area contributed by atoms with Gasteiger partial charge < -0.3 is 19.9 Å². The van der Waals surface area contributed by atoms with Crippen LogP contribution in [-0.4, -0.2) is 60.6 Å². The van der Waals surface area contributed by atoms with Gasteiger partial charge in [-0.1, -0.05) is 19.8 Å². The quantitative estimate of drug-likeness (QED) is 0.689. The lowest BCUT2D eigenvalue weighted by Crippen LogP contribution is -2.49. The van der Waals surface area contributed by atoms with Crippen LogP contribution in [0.3, 0.4) is 0 Å². The summed E-state index contributed by atoms with van der Waals surface area (Å²) in [6.07, 6.45) is 3.45. The Bertz CT molecular complexity index is 801. The highest BCUT2D eigenvalue weighted by atomic mass is 16.5. The van der Waals surface area contributed by atoms with E-state index in [1.54, 1.807) is 13.2 Å². The van der Waals surface area contributed by atoms with Gasteiger partial charge in [-0.05, 0) is 37.6 Å². The van der Waals surface area contributed by atoms with E-state index in [4.69, 9.17) is 4.74 Å². The predicted octanol–water partition coefficient (Wildman–Crippen LogP) is 3.36. The molecule has 0 bridgehead atoms. The van der Waals surface area contributed by atoms with Crippen LogP contribution in [0, 0.1) is 6.92 Å². The molecule has 7 nitrogen and oxygen atoms in total. The predicted molar refractivity (Wildman–Crippen MR) is 116 cm³/mol. The van der Waals surface area contributed by atoms with Gasteiger partial charge in [0, 0.05) is 44.5 Å². The molecule has 1 saturated heterocycles. The van der Waals surface area contributed by atoms with Crippen molar-refractivity contribution in [1.82, 2.24) is 14.9 Å². The zero-order valence-corrected chi connectivity index (χ0v) is 17.6. The monoisotopic (exact) mass is 397 g/mol. The summed E-state index contributed by atoms with van der Waals surface area (Å²) < 4.78 is 5.22. The molecule has 0 aliphatic carbocycles. The van der Waals surface area contributed by atoms with Crippen molar-refractivity contribution in [2.75, 3.05) is 50.1 Å². The molecule has 0 radical (unpaired) electrons. The van der Waals surface area contributed by atoms with Gasteiger partial charge >= 0.3 is 0 Å². The van der Waals surface area contributed by atoms with Crippen molar-refractivity contribution in [3.8, 4) is 5.75 Å². The minimum absolute atomic E-state index is 0.0264. The van der Waals surface area contributed by atoms with Gasteiger partial charge in [-0.3, -0.25) is 4.79 Å². The highest BCUT2D eigenvalue weighted by Gasteiger charge is 2.24. The Balaban J connectivity index is 1.59. The molecule has 0 atom stereocenters. The number of ether oxygens (including phenoxy) is 1. The first-order valence-corrected chi connectivity index (χ1v) is 10.4. The molecule has 0 spiro atoms. The summed E-state index contributed by atoms with van der Waals surface area (Å²) in [6, 6.07) is 9.81. The number of benzene rings is 1. The normalized spacial score (nSPS) is 14.0. The highest BCUT2D eigenvalue weighted by molar-refractivity contribution is 5.93. The number of aryl methyl sites for hydroxylation is 1. The van der Waals surface area contributed by atoms with Crippen molar-refractivity contribution < 1.29 is 9.53 Å². The Morgan fingerprint density at radius 2 is 1.83 bits per heavy atom. The zero-order valence-electron chi connectivity index (χ0n) is 17.6. The molecule has 156 valence electrons. The number of hydrogen-bond donors (Lipinski definition) is 1. The molecular formula is C22H31N5O2. The van der Waals surface area contributed by atoms with E-state index in [1.165, 1.54) is 12.8 Å². The van der Waals surface area contributed by atoms with E-state index in [9.17, 15) is 4.79 Å². The van der Waals surface area contributed by atoms with Crippen LogP contribution in [-0.2, 0) is 0 Å². The van der Waals surface area contributed by atoms with Gasteiger partial charge in [0.2, 0.25) is 0 Å². The van der Waals surface area contributed by atoms with E-state index >= 15 is 0 Å². The fraction of sp³-hybridized carbons (Fsp3) is 0.500. The number of carbonyl (C=O) groups is 1. The van der Waals surface area contributed by atoms with Crippen molar-refractivity contribution in [2.24, 2.45) is 0 Å². The Hall–Kier alpha value is -2.83. The Morgan fingerprint density at radius 1 is 1.10 bits per heavy atom. The van der Waals surface area contributed by atoms with Gasteiger partial charge in [0.25, 0.3) is 5.91 Å². The third kappa shape index (κ3) is 5.59. The SMILES string of the molecule is CCCCCNc1cc(C(=O)N2CCN(c3ccc(OC)cc3)CC2)nc(C)n1. The summed E-state index contributed by atoms with van der Waals surface area (Å²) >= 11 is 0. The first kappa shape index (κ1) is 20.9. The first-order chi connectivity index (χ1) is 14.1. The standard InChI is InChI=1S/C22H31N5O2/c1-4-5-6-11-23-21-16-20(24-17(2)25-21)22(28)27-14-12-26(13-15-27)18-7-9-19(29-3)10-8-18/h7-10,16H,4-6,11-15H2,1-3H3,(H,23,24,25). The van der Waals surface area contributed by atoms with Crippen molar-refractivity contribution in [2.45, 2.75) is 33.1 Å². The average Bonchev–Trinajstić information content (AvgIpc) is 2.76. The van der Waals surface area contributed by atoms with Gasteiger partial charge in [0.15, 0.2) is 0 Å². The molecule has 1 fully saturated rings. The molecule has 1 aliphatic heterocycles. The molecule has 1 aliphatic rings. The van der Waals surface area contributed by atoms with Gasteiger partial charge in [-0.2, -0.15) is 0 Å². The minimum atomic E-state index is -0.0264. The second kappa shape index (κ2) is 10.1. The molecule has 0 unspecified atom stereocenters. The fourth-order valence-electron chi connectivity index (χ4n) is 3.48. The molecule has 7 heteroatoms. The van der Waals surface area contributed by atoms with Crippen LogP contribution in [0.4, 0.5) is 11.5 Å². The first-order valence-electron chi connectivity index (χ1n) is 10.4. The number of carbonyl (C=O) groups excluding carboxylic acids is 1. The van der Waals surface area contributed by atoms with Crippen LogP contribution in [0.25, 0.3) is 0 Å². The lowest BCUT2D eigenvalue weighted by molar-refractivity contribution is 0.0740. The zero-order chi connectivity index (χ0) is 20.6. The van der Waals surface area contributed by atoms with Gasteiger partial charge in [-0.25, -0.2) is 9.97 Å². The minimum Gasteiger partial charge on any atom is -0.497 e. The van der Waals surface area contributed by atoms with E-state index in [0.29, 0.717) is 24.6 Å². The number of anilines is 2. The molecule has 2 heterocycles. The maximum atomic E-state index is 13.0. The van der Waals surface area contributed by atoms with Crippen LogP contribution in [0.5, 0.6) is 5.75 Å². The Labute approximate surface area is 173 Å². The van der Waals surface area contributed by atoms with Gasteiger partial charge in [-0.15, -0.1) is 0 Å². The van der Waals surface area contributed by atoms with Crippen molar-refractivity contribution >= 4 is 17.4 Å². The van der Waals surface area contributed by atoms with E-state index in [0.717, 1.165) is 43.3 Å². The van der Waals surface area contributed by atoms with E-state index in [1.807, 2.05) is 24.0 Å². The smallest absolute Gasteiger partial charge is 0.272 e. The van der Waals surface area contributed by atoms with Gasteiger partial charge in [0.05, 0.1) is 7.11 Å². The van der Waals surface area contributed by atoms with E-state index < -0.39 is 0 Å². The van der Waals surface area contributed by atoms with E-state index in [-0.39, 0.29) is 5.91 Å². The Morgan fingerprint density at radius 3 is 2.48 bits per heavy atom. The molecule has 29 heavy (non-hydrogen) atoms. The molecule has 2 aromatic rings. The summed E-state index contributed by atoms with van der Waals surface area (Å²) in [5.41, 5.74) is 1.61. The second-order valence-corrected chi connectivity index (χ2v) is 7.30. The number of hydrogen-bond acceptors (Lipinski definition) is 6. The topological polar surface area (TPSA) is 70.6 Å². The lowest BCUT2D eigenvalue weighted by atomic mass is 10.2. The average molecular weight is 398 g/mol. The summed E-state index contributed by atoms with van der Waals surface area (Å²) in [5, 5.41) is 3.32. The fourth-order valence-corrected chi connectivity index (χ4v) is 3.48. The van der Waals surface area contributed by atoms with Gasteiger partial charge in [0.1, 0.15) is 23.1 Å². The summed E-state index contributed by atoms with van der Waals surface area (Å²) in [7, 11) is 1.67. The molecule has 0 saturated carbocycles. The molecular weight excluding hydrogens is 366 g/mol. The summed E-state index contributed by atoms with van der Waals surface area (Å²) in [6.45, 7) is 7.81. The summed E-state index contributed by atoms with van der Waals surface area (Å²) in [5.74, 6) is 2.17. The maximum absolute atomic E-state index is 13.0. The number of methoxy groups -OCH3 is 1. The summed E-state index contributed by atoms with van der Waals surface area (Å²) in [4.78, 5) is 25.9. The molecule has 1 aromatic carbocycles. The number of amides is 1. The van der Waals surface area contributed by atoms with Crippen LogP contribution in [0.1, 0.15) is 42.5 Å². The van der Waals surface area contributed by atoms with E-state index in [2.05, 4.69) is 39.2 Å². The molecule has 3 rings (SSSR count). The highest BCUT2D eigenvalue weighted by Crippen LogP contribution is 2.21. The third-order valence-electron chi connectivity index (χ3n) is 5.15.